The first-order valence-corrected chi connectivity index (χ1v) is 6.87. The van der Waals surface area contributed by atoms with Gasteiger partial charge in [-0.25, -0.2) is 29.4 Å². The van der Waals surface area contributed by atoms with Gasteiger partial charge in [0.15, 0.2) is 0 Å². The van der Waals surface area contributed by atoms with E-state index >= 15 is 0 Å². The molecule has 1 fully saturated rings. The van der Waals surface area contributed by atoms with Crippen LogP contribution in [-0.4, -0.2) is 52.5 Å². The number of isocyanates is 3. The minimum absolute atomic E-state index is 0.0420. The zero-order valence-electron chi connectivity index (χ0n) is 9.66. The molecule has 0 N–H and O–H groups in total. The molecule has 18 heavy (non-hydrogen) atoms. The minimum atomic E-state index is -0.288. The number of carbonyl (C=O) groups excluding carboxylic acids is 3. The van der Waals surface area contributed by atoms with Crippen LogP contribution >= 0.6 is 23.5 Å². The summed E-state index contributed by atoms with van der Waals surface area (Å²) in [6.45, 7) is 2.92. The maximum absolute atomic E-state index is 10.2. The van der Waals surface area contributed by atoms with Crippen LogP contribution < -0.4 is 0 Å². The van der Waals surface area contributed by atoms with E-state index in [4.69, 9.17) is 0 Å². The standard InChI is InChI=1S/C10H11N3O3S2/c1-10(4-13-7-16)17-8(2-11-5-14)9(18-10)3-12-6-15/h8-9H,2-4H2,1H3. The molecule has 0 aliphatic carbocycles. The molecule has 1 aliphatic rings. The van der Waals surface area contributed by atoms with Crippen LogP contribution in [0.2, 0.25) is 0 Å². The van der Waals surface area contributed by atoms with Crippen molar-refractivity contribution in [3.63, 3.8) is 0 Å². The second-order valence-corrected chi connectivity index (χ2v) is 7.46. The van der Waals surface area contributed by atoms with Crippen molar-refractivity contribution < 1.29 is 14.4 Å². The molecule has 8 heteroatoms. The highest BCUT2D eigenvalue weighted by Gasteiger charge is 2.43. The van der Waals surface area contributed by atoms with Gasteiger partial charge in [-0.3, -0.25) is 0 Å². The Morgan fingerprint density at radius 2 is 1.39 bits per heavy atom. The van der Waals surface area contributed by atoms with Crippen LogP contribution in [0.15, 0.2) is 15.0 Å². The molecule has 0 amide bonds. The van der Waals surface area contributed by atoms with Crippen molar-refractivity contribution in [3.05, 3.63) is 0 Å². The zero-order valence-corrected chi connectivity index (χ0v) is 11.3. The highest BCUT2D eigenvalue weighted by Crippen LogP contribution is 2.52. The topological polar surface area (TPSA) is 88.3 Å². The molecule has 1 aliphatic heterocycles. The van der Waals surface area contributed by atoms with Crippen LogP contribution in [-0.2, 0) is 14.4 Å². The molecule has 0 radical (unpaired) electrons. The van der Waals surface area contributed by atoms with Crippen molar-refractivity contribution in [2.75, 3.05) is 19.6 Å². The fraction of sp³-hybridized carbons (Fsp3) is 0.700. The molecule has 0 spiro atoms. The molecule has 0 bridgehead atoms. The highest BCUT2D eigenvalue weighted by atomic mass is 32.2. The quantitative estimate of drug-likeness (QED) is 0.535. The van der Waals surface area contributed by atoms with Gasteiger partial charge in [-0.2, -0.15) is 0 Å². The molecule has 6 nitrogen and oxygen atoms in total. The molecule has 0 aromatic carbocycles. The monoisotopic (exact) mass is 285 g/mol. The van der Waals surface area contributed by atoms with Gasteiger partial charge in [0, 0.05) is 10.5 Å². The fourth-order valence-corrected chi connectivity index (χ4v) is 5.26. The smallest absolute Gasteiger partial charge is 0.211 e. The lowest BCUT2D eigenvalue weighted by atomic mass is 10.3. The first-order valence-electron chi connectivity index (χ1n) is 5.11. The zero-order chi connectivity index (χ0) is 13.4. The van der Waals surface area contributed by atoms with Crippen LogP contribution in [0.3, 0.4) is 0 Å². The summed E-state index contributed by atoms with van der Waals surface area (Å²) in [6, 6.07) is 0. The largest absolute Gasteiger partial charge is 0.235 e. The van der Waals surface area contributed by atoms with Crippen molar-refractivity contribution in [2.24, 2.45) is 15.0 Å². The SMILES string of the molecule is CC1(CN=C=O)SC(CN=C=O)C(CN=C=O)S1. The van der Waals surface area contributed by atoms with Crippen molar-refractivity contribution in [2.45, 2.75) is 21.5 Å². The summed E-state index contributed by atoms with van der Waals surface area (Å²) in [5.41, 5.74) is 0. The van der Waals surface area contributed by atoms with E-state index in [-0.39, 0.29) is 14.6 Å². The predicted octanol–water partition coefficient (Wildman–Crippen LogP) is 0.927. The number of nitrogens with zero attached hydrogens (tertiary/aromatic N) is 3. The van der Waals surface area contributed by atoms with Gasteiger partial charge < -0.3 is 0 Å². The Hall–Kier alpha value is -1.16. The second-order valence-electron chi connectivity index (χ2n) is 3.72. The second kappa shape index (κ2) is 7.31. The van der Waals surface area contributed by atoms with E-state index in [1.807, 2.05) is 6.92 Å². The normalized spacial score (nSPS) is 29.8. The van der Waals surface area contributed by atoms with Crippen LogP contribution in [0.1, 0.15) is 6.92 Å². The van der Waals surface area contributed by atoms with Gasteiger partial charge >= 0.3 is 0 Å². The molecule has 2 unspecified atom stereocenters. The van der Waals surface area contributed by atoms with E-state index in [9.17, 15) is 14.4 Å². The number of hydrogen-bond donors (Lipinski definition) is 0. The number of rotatable bonds is 6. The van der Waals surface area contributed by atoms with E-state index in [1.54, 1.807) is 23.5 Å². The van der Waals surface area contributed by atoms with Crippen LogP contribution in [0, 0.1) is 0 Å². The molecule has 1 rings (SSSR count). The summed E-state index contributed by atoms with van der Waals surface area (Å²) in [5.74, 6) is 0. The third-order valence-corrected chi connectivity index (χ3v) is 5.88. The number of hydrogen-bond acceptors (Lipinski definition) is 8. The Kier molecular flexibility index (Phi) is 6.05. The van der Waals surface area contributed by atoms with Crippen molar-refractivity contribution in [1.82, 2.24) is 0 Å². The van der Waals surface area contributed by atoms with Gasteiger partial charge in [-0.1, -0.05) is 0 Å². The first kappa shape index (κ1) is 14.9. The Morgan fingerprint density at radius 1 is 0.944 bits per heavy atom. The third-order valence-electron chi connectivity index (χ3n) is 2.32. The van der Waals surface area contributed by atoms with Crippen molar-refractivity contribution in [1.29, 1.82) is 0 Å². The molecule has 96 valence electrons. The van der Waals surface area contributed by atoms with E-state index in [1.165, 1.54) is 18.2 Å². The molecule has 1 saturated heterocycles. The van der Waals surface area contributed by atoms with Gasteiger partial charge in [0.25, 0.3) is 0 Å². The van der Waals surface area contributed by atoms with Gasteiger partial charge in [0.05, 0.1) is 23.7 Å². The highest BCUT2D eigenvalue weighted by molar-refractivity contribution is 8.22. The average Bonchev–Trinajstić information content (AvgIpc) is 2.68. The molecule has 2 atom stereocenters. The number of thioether (sulfide) groups is 2. The molecule has 0 saturated carbocycles. The van der Waals surface area contributed by atoms with Crippen LogP contribution in [0.25, 0.3) is 0 Å². The van der Waals surface area contributed by atoms with E-state index in [0.717, 1.165) is 0 Å². The summed E-state index contributed by atoms with van der Waals surface area (Å²) in [4.78, 5) is 41.2. The Morgan fingerprint density at radius 3 is 1.78 bits per heavy atom. The molecule has 0 aromatic heterocycles. The summed E-state index contributed by atoms with van der Waals surface area (Å²) in [5, 5.41) is 0.0841. The lowest BCUT2D eigenvalue weighted by Crippen LogP contribution is -2.21. The van der Waals surface area contributed by atoms with Gasteiger partial charge in [-0.05, 0) is 6.92 Å². The van der Waals surface area contributed by atoms with Gasteiger partial charge in [0.2, 0.25) is 18.2 Å². The average molecular weight is 285 g/mol. The first-order chi connectivity index (χ1) is 8.65. The van der Waals surface area contributed by atoms with Crippen molar-refractivity contribution in [3.8, 4) is 0 Å². The third kappa shape index (κ3) is 4.26. The summed E-state index contributed by atoms with van der Waals surface area (Å²) in [7, 11) is 0. The molecule has 0 aromatic rings. The maximum atomic E-state index is 10.2. The van der Waals surface area contributed by atoms with E-state index < -0.39 is 0 Å². The van der Waals surface area contributed by atoms with Gasteiger partial charge in [-0.15, -0.1) is 23.5 Å². The van der Waals surface area contributed by atoms with Crippen LogP contribution in [0.4, 0.5) is 0 Å². The lowest BCUT2D eigenvalue weighted by molar-refractivity contribution is 0.560. The van der Waals surface area contributed by atoms with E-state index in [2.05, 4.69) is 15.0 Å². The fourth-order valence-electron chi connectivity index (χ4n) is 1.63. The lowest BCUT2D eigenvalue weighted by Gasteiger charge is -2.18. The molecular formula is C10H11N3O3S2. The van der Waals surface area contributed by atoms with Gasteiger partial charge in [0.1, 0.15) is 0 Å². The summed E-state index contributed by atoms with van der Waals surface area (Å²) < 4.78 is -0.288. The maximum Gasteiger partial charge on any atom is 0.235 e. The van der Waals surface area contributed by atoms with E-state index in [0.29, 0.717) is 19.6 Å². The minimum Gasteiger partial charge on any atom is -0.211 e. The number of aliphatic imine (C=N–C) groups is 3. The van der Waals surface area contributed by atoms with Crippen molar-refractivity contribution >= 4 is 41.8 Å². The molecule has 1 heterocycles. The predicted molar refractivity (Wildman–Crippen MR) is 70.1 cm³/mol. The summed E-state index contributed by atoms with van der Waals surface area (Å²) in [6.07, 6.45) is 4.51. The Bertz CT molecular complexity index is 410. The summed E-state index contributed by atoms with van der Waals surface area (Å²) >= 11 is 3.16. The Balaban J connectivity index is 2.76. The molecular weight excluding hydrogens is 274 g/mol. The van der Waals surface area contributed by atoms with Crippen LogP contribution in [0.5, 0.6) is 0 Å². The Labute approximate surface area is 112 Å².